The summed E-state index contributed by atoms with van der Waals surface area (Å²) in [6, 6.07) is 17.3. The van der Waals surface area contributed by atoms with Gasteiger partial charge in [-0.3, -0.25) is 4.98 Å². The van der Waals surface area contributed by atoms with Gasteiger partial charge >= 0.3 is 0 Å². The van der Waals surface area contributed by atoms with Crippen LogP contribution in [0.1, 0.15) is 29.1 Å². The Morgan fingerprint density at radius 1 is 1.00 bits per heavy atom. The molecule has 7 heteroatoms. The van der Waals surface area contributed by atoms with E-state index in [9.17, 15) is 5.11 Å². The maximum absolute atomic E-state index is 9.26. The van der Waals surface area contributed by atoms with E-state index in [1.165, 1.54) is 5.56 Å². The van der Waals surface area contributed by atoms with Crippen molar-refractivity contribution in [2.45, 2.75) is 33.1 Å². The van der Waals surface area contributed by atoms with E-state index in [1.54, 1.807) is 6.20 Å². The van der Waals surface area contributed by atoms with Crippen LogP contribution >= 0.6 is 0 Å². The standard InChI is InChI=1S/C28H28N2O5/c1-19-27(18-33-22-8-9-24-21(13-22)14-23(17-31)34-24)35-26-7-2-6-25(28(19)26)32-12-4-11-30-16-20-5-3-10-29-15-20/h2-3,5-10,13-15,30-31H,4,11-12,16-18H2,1H3. The van der Waals surface area contributed by atoms with Crippen molar-refractivity contribution in [1.29, 1.82) is 0 Å². The lowest BCUT2D eigenvalue weighted by Gasteiger charge is -2.09. The summed E-state index contributed by atoms with van der Waals surface area (Å²) in [4.78, 5) is 4.13. The van der Waals surface area contributed by atoms with Crippen LogP contribution in [0.3, 0.4) is 0 Å². The highest BCUT2D eigenvalue weighted by Crippen LogP contribution is 2.34. The number of furan rings is 2. The molecule has 0 bridgehead atoms. The third kappa shape index (κ3) is 5.31. The fraction of sp³-hybridized carbons (Fsp3) is 0.250. The Morgan fingerprint density at radius 2 is 1.94 bits per heavy atom. The highest BCUT2D eigenvalue weighted by molar-refractivity contribution is 5.88. The summed E-state index contributed by atoms with van der Waals surface area (Å²) in [5, 5.41) is 14.5. The van der Waals surface area contributed by atoms with Crippen molar-refractivity contribution in [1.82, 2.24) is 10.3 Å². The normalized spacial score (nSPS) is 11.4. The predicted octanol–water partition coefficient (Wildman–Crippen LogP) is 5.51. The van der Waals surface area contributed by atoms with E-state index >= 15 is 0 Å². The molecule has 7 nitrogen and oxygen atoms in total. The molecule has 3 heterocycles. The number of ether oxygens (including phenoxy) is 2. The fourth-order valence-electron chi connectivity index (χ4n) is 4.08. The van der Waals surface area contributed by atoms with Crippen molar-refractivity contribution in [3.63, 3.8) is 0 Å². The molecule has 2 N–H and O–H groups in total. The molecule has 0 fully saturated rings. The Balaban J connectivity index is 1.19. The molecule has 0 aliphatic rings. The van der Waals surface area contributed by atoms with Crippen LogP contribution in [-0.4, -0.2) is 23.2 Å². The van der Waals surface area contributed by atoms with Crippen LogP contribution in [0.2, 0.25) is 0 Å². The van der Waals surface area contributed by atoms with E-state index in [0.29, 0.717) is 24.7 Å². The van der Waals surface area contributed by atoms with Crippen LogP contribution in [0.15, 0.2) is 75.8 Å². The Bertz CT molecular complexity index is 1410. The number of aromatic nitrogens is 1. The molecule has 2 aromatic carbocycles. The van der Waals surface area contributed by atoms with Gasteiger partial charge in [0.25, 0.3) is 0 Å². The maximum Gasteiger partial charge on any atom is 0.146 e. The van der Waals surface area contributed by atoms with Gasteiger partial charge in [0.15, 0.2) is 0 Å². The lowest BCUT2D eigenvalue weighted by Crippen LogP contribution is -2.17. The minimum Gasteiger partial charge on any atom is -0.493 e. The molecule has 3 aromatic heterocycles. The van der Waals surface area contributed by atoms with Crippen LogP contribution < -0.4 is 14.8 Å². The first kappa shape index (κ1) is 23.0. The van der Waals surface area contributed by atoms with Gasteiger partial charge in [-0.1, -0.05) is 12.1 Å². The number of hydrogen-bond acceptors (Lipinski definition) is 7. The summed E-state index contributed by atoms with van der Waals surface area (Å²) in [7, 11) is 0. The molecule has 0 atom stereocenters. The molecule has 5 rings (SSSR count). The van der Waals surface area contributed by atoms with Gasteiger partial charge in [0.05, 0.1) is 12.0 Å². The molecule has 0 unspecified atom stereocenters. The molecule has 0 spiro atoms. The van der Waals surface area contributed by atoms with Crippen molar-refractivity contribution in [2.24, 2.45) is 0 Å². The molecule has 35 heavy (non-hydrogen) atoms. The van der Waals surface area contributed by atoms with Crippen LogP contribution in [-0.2, 0) is 19.8 Å². The van der Waals surface area contributed by atoms with E-state index in [4.69, 9.17) is 18.3 Å². The number of aryl methyl sites for hydroxylation is 1. The quantitative estimate of drug-likeness (QED) is 0.245. The fourth-order valence-corrected chi connectivity index (χ4v) is 4.08. The maximum atomic E-state index is 9.26. The largest absolute Gasteiger partial charge is 0.493 e. The van der Waals surface area contributed by atoms with Gasteiger partial charge in [-0.15, -0.1) is 0 Å². The van der Waals surface area contributed by atoms with Crippen LogP contribution in [0.4, 0.5) is 0 Å². The number of aliphatic hydroxyl groups is 1. The first-order valence-electron chi connectivity index (χ1n) is 11.7. The van der Waals surface area contributed by atoms with Crippen LogP contribution in [0, 0.1) is 6.92 Å². The van der Waals surface area contributed by atoms with Gasteiger partial charge < -0.3 is 28.7 Å². The van der Waals surface area contributed by atoms with Gasteiger partial charge in [0.2, 0.25) is 0 Å². The predicted molar refractivity (Wildman–Crippen MR) is 133 cm³/mol. The Morgan fingerprint density at radius 3 is 2.80 bits per heavy atom. The first-order valence-corrected chi connectivity index (χ1v) is 11.7. The number of pyridine rings is 1. The molecule has 180 valence electrons. The second-order valence-electron chi connectivity index (χ2n) is 8.38. The highest BCUT2D eigenvalue weighted by Gasteiger charge is 2.15. The van der Waals surface area contributed by atoms with Crippen LogP contribution in [0.25, 0.3) is 21.9 Å². The lowest BCUT2D eigenvalue weighted by molar-refractivity contribution is 0.251. The van der Waals surface area contributed by atoms with Gasteiger partial charge in [-0.05, 0) is 67.9 Å². The molecule has 0 saturated carbocycles. The molecular weight excluding hydrogens is 444 g/mol. The zero-order valence-electron chi connectivity index (χ0n) is 19.6. The average molecular weight is 473 g/mol. The summed E-state index contributed by atoms with van der Waals surface area (Å²) in [5.74, 6) is 2.82. The minimum atomic E-state index is -0.130. The third-order valence-electron chi connectivity index (χ3n) is 5.89. The van der Waals surface area contributed by atoms with E-state index in [2.05, 4.69) is 16.4 Å². The number of fused-ring (bicyclic) bond motifs is 2. The summed E-state index contributed by atoms with van der Waals surface area (Å²) in [6.07, 6.45) is 4.54. The first-order chi connectivity index (χ1) is 17.2. The number of hydrogen-bond donors (Lipinski definition) is 2. The highest BCUT2D eigenvalue weighted by atomic mass is 16.5. The van der Waals surface area contributed by atoms with Gasteiger partial charge in [-0.2, -0.15) is 0 Å². The summed E-state index contributed by atoms with van der Waals surface area (Å²) >= 11 is 0. The third-order valence-corrected chi connectivity index (χ3v) is 5.89. The van der Waals surface area contributed by atoms with Crippen molar-refractivity contribution < 1.29 is 23.4 Å². The van der Waals surface area contributed by atoms with E-state index < -0.39 is 0 Å². The minimum absolute atomic E-state index is 0.130. The number of nitrogens with zero attached hydrogens (tertiary/aromatic N) is 1. The van der Waals surface area contributed by atoms with Crippen molar-refractivity contribution in [3.8, 4) is 11.5 Å². The SMILES string of the molecule is Cc1c(COc2ccc3oc(CO)cc3c2)oc2cccc(OCCCNCc3cccnc3)c12. The zero-order valence-corrected chi connectivity index (χ0v) is 19.6. The van der Waals surface area contributed by atoms with Crippen molar-refractivity contribution >= 4 is 21.9 Å². The van der Waals surface area contributed by atoms with Crippen molar-refractivity contribution in [2.75, 3.05) is 13.2 Å². The van der Waals surface area contributed by atoms with Gasteiger partial charge in [0, 0.05) is 29.9 Å². The summed E-state index contributed by atoms with van der Waals surface area (Å²) in [5.41, 5.74) is 3.68. The Hall–Kier alpha value is -3.81. The van der Waals surface area contributed by atoms with E-state index in [-0.39, 0.29) is 6.61 Å². The zero-order chi connectivity index (χ0) is 24.0. The topological polar surface area (TPSA) is 89.9 Å². The molecule has 0 amide bonds. The molecule has 5 aromatic rings. The summed E-state index contributed by atoms with van der Waals surface area (Å²) < 4.78 is 23.7. The molecular formula is C28H28N2O5. The smallest absolute Gasteiger partial charge is 0.146 e. The van der Waals surface area contributed by atoms with Crippen molar-refractivity contribution in [3.05, 3.63) is 89.6 Å². The summed E-state index contributed by atoms with van der Waals surface area (Å²) in [6.45, 7) is 4.46. The average Bonchev–Trinajstić information content (AvgIpc) is 3.45. The number of benzene rings is 2. The molecule has 0 aliphatic carbocycles. The van der Waals surface area contributed by atoms with E-state index in [0.717, 1.165) is 58.5 Å². The van der Waals surface area contributed by atoms with Crippen LogP contribution in [0.5, 0.6) is 11.5 Å². The monoisotopic (exact) mass is 472 g/mol. The molecule has 0 radical (unpaired) electrons. The Kier molecular flexibility index (Phi) is 6.97. The number of nitrogens with one attached hydrogen (secondary N) is 1. The number of aliphatic hydroxyl groups excluding tert-OH is 1. The van der Waals surface area contributed by atoms with Gasteiger partial charge in [0.1, 0.15) is 47.4 Å². The lowest BCUT2D eigenvalue weighted by atomic mass is 10.1. The second-order valence-corrected chi connectivity index (χ2v) is 8.38. The molecule has 0 saturated heterocycles. The number of rotatable bonds is 11. The second kappa shape index (κ2) is 10.6. The van der Waals surface area contributed by atoms with E-state index in [1.807, 2.05) is 61.7 Å². The molecule has 0 aliphatic heterocycles. The Labute approximate surface area is 203 Å². The van der Waals surface area contributed by atoms with Gasteiger partial charge in [-0.25, -0.2) is 0 Å².